The Kier molecular flexibility index (Phi) is 8.84. The van der Waals surface area contributed by atoms with Crippen LogP contribution in [0.15, 0.2) is 78.9 Å². The number of hydrogen-bond donors (Lipinski definition) is 3. The van der Waals surface area contributed by atoms with Crippen LogP contribution in [0, 0.1) is 0 Å². The van der Waals surface area contributed by atoms with Gasteiger partial charge in [0.2, 0.25) is 0 Å². The predicted molar refractivity (Wildman–Crippen MR) is 146 cm³/mol. The highest BCUT2D eigenvalue weighted by atomic mass is 16.5. The molecule has 2 amide bonds. The van der Waals surface area contributed by atoms with E-state index in [0.29, 0.717) is 22.7 Å². The lowest BCUT2D eigenvalue weighted by molar-refractivity contribution is 0.102. The number of alkyl carbamates (subject to hydrolysis) is 1. The highest BCUT2D eigenvalue weighted by Gasteiger charge is 2.22. The van der Waals surface area contributed by atoms with Crippen LogP contribution >= 0.6 is 0 Å². The van der Waals surface area contributed by atoms with E-state index in [4.69, 9.17) is 14.2 Å². The Morgan fingerprint density at radius 3 is 2.58 bits per heavy atom. The van der Waals surface area contributed by atoms with Gasteiger partial charge in [0.05, 0.1) is 19.4 Å². The van der Waals surface area contributed by atoms with Crippen LogP contribution in [-0.4, -0.2) is 50.4 Å². The van der Waals surface area contributed by atoms with Crippen molar-refractivity contribution in [2.24, 2.45) is 0 Å². The van der Waals surface area contributed by atoms with Gasteiger partial charge in [-0.2, -0.15) is 0 Å². The number of methoxy groups -OCH3 is 1. The van der Waals surface area contributed by atoms with E-state index in [1.54, 1.807) is 37.4 Å². The maximum atomic E-state index is 12.8. The number of nitrogens with one attached hydrogen (secondary N) is 3. The van der Waals surface area contributed by atoms with Gasteiger partial charge in [0.1, 0.15) is 24.7 Å². The second-order valence-corrected chi connectivity index (χ2v) is 8.76. The molecule has 9 nitrogen and oxygen atoms in total. The minimum Gasteiger partial charge on any atom is -0.497 e. The molecule has 0 radical (unpaired) electrons. The van der Waals surface area contributed by atoms with Gasteiger partial charge in [0.15, 0.2) is 0 Å². The number of benzene rings is 3. The Balaban J connectivity index is 1.40. The molecular formula is C29H32N4O5. The number of amides is 2. The highest BCUT2D eigenvalue weighted by Crippen LogP contribution is 2.33. The zero-order chi connectivity index (χ0) is 26.9. The lowest BCUT2D eigenvalue weighted by Crippen LogP contribution is -2.32. The van der Waals surface area contributed by atoms with Crippen molar-refractivity contribution < 1.29 is 23.8 Å². The first-order chi connectivity index (χ1) is 18.4. The van der Waals surface area contributed by atoms with Crippen molar-refractivity contribution in [1.82, 2.24) is 15.8 Å². The Morgan fingerprint density at radius 1 is 1.03 bits per heavy atom. The Hall–Kier alpha value is -4.50. The lowest BCUT2D eigenvalue weighted by atomic mass is 10.1. The Bertz CT molecular complexity index is 1300. The van der Waals surface area contributed by atoms with Crippen molar-refractivity contribution in [2.45, 2.75) is 19.6 Å². The number of anilines is 1. The van der Waals surface area contributed by atoms with E-state index in [0.717, 1.165) is 16.8 Å². The first-order valence-electron chi connectivity index (χ1n) is 12.3. The fourth-order valence-electron chi connectivity index (χ4n) is 4.02. The fraction of sp³-hybridized carbons (Fsp3) is 0.241. The van der Waals surface area contributed by atoms with E-state index < -0.39 is 6.09 Å². The molecule has 1 atom stereocenters. The third-order valence-corrected chi connectivity index (χ3v) is 5.85. The second kappa shape index (κ2) is 12.6. The summed E-state index contributed by atoms with van der Waals surface area (Å²) in [6.45, 7) is 2.75. The normalized spacial score (nSPS) is 14.4. The summed E-state index contributed by atoms with van der Waals surface area (Å²) < 4.78 is 16.5. The molecule has 0 aliphatic carbocycles. The van der Waals surface area contributed by atoms with Crippen LogP contribution in [0.3, 0.4) is 0 Å². The summed E-state index contributed by atoms with van der Waals surface area (Å²) in [6, 6.07) is 22.1. The van der Waals surface area contributed by atoms with Crippen molar-refractivity contribution in [1.29, 1.82) is 0 Å². The van der Waals surface area contributed by atoms with Crippen LogP contribution in [0.2, 0.25) is 0 Å². The molecule has 0 saturated carbocycles. The summed E-state index contributed by atoms with van der Waals surface area (Å²) in [5.74, 6) is 0.984. The molecule has 4 rings (SSSR count). The second-order valence-electron chi connectivity index (χ2n) is 8.76. The maximum absolute atomic E-state index is 12.8. The average Bonchev–Trinajstić information content (AvgIpc) is 3.28. The van der Waals surface area contributed by atoms with E-state index in [2.05, 4.69) is 22.1 Å². The van der Waals surface area contributed by atoms with Crippen molar-refractivity contribution in [3.05, 3.63) is 95.6 Å². The van der Waals surface area contributed by atoms with Gasteiger partial charge in [-0.15, -0.1) is 0 Å². The molecule has 3 aromatic carbocycles. The van der Waals surface area contributed by atoms with Crippen molar-refractivity contribution in [3.8, 4) is 11.5 Å². The number of nitrogens with zero attached hydrogens (tertiary/aromatic N) is 1. The van der Waals surface area contributed by atoms with E-state index >= 15 is 0 Å². The van der Waals surface area contributed by atoms with Gasteiger partial charge in [0, 0.05) is 29.9 Å². The van der Waals surface area contributed by atoms with Gasteiger partial charge in [-0.25, -0.2) is 10.2 Å². The highest BCUT2D eigenvalue weighted by molar-refractivity contribution is 6.04. The van der Waals surface area contributed by atoms with Gasteiger partial charge in [-0.3, -0.25) is 4.79 Å². The molecule has 3 aromatic rings. The van der Waals surface area contributed by atoms with Crippen molar-refractivity contribution in [3.63, 3.8) is 0 Å². The van der Waals surface area contributed by atoms with Crippen LogP contribution < -0.4 is 25.5 Å². The zero-order valence-electron chi connectivity index (χ0n) is 21.7. The lowest BCUT2D eigenvalue weighted by Gasteiger charge is -2.21. The molecule has 0 saturated heterocycles. The minimum absolute atomic E-state index is 0.138. The Labute approximate surface area is 222 Å². The van der Waals surface area contributed by atoms with Crippen LogP contribution in [0.4, 0.5) is 10.5 Å². The SMILES string of the molecule is COc1cccc(C(=O)Nc2ccc(OCCNC(=O)OCc3ccccc3)c(C3=CC(C)NN3C)c2)c1. The molecule has 198 valence electrons. The number of rotatable bonds is 10. The van der Waals surface area contributed by atoms with E-state index in [1.807, 2.05) is 61.4 Å². The smallest absolute Gasteiger partial charge is 0.407 e. The summed E-state index contributed by atoms with van der Waals surface area (Å²) in [5, 5.41) is 7.57. The van der Waals surface area contributed by atoms with Crippen molar-refractivity contribution >= 4 is 23.4 Å². The van der Waals surface area contributed by atoms with Crippen molar-refractivity contribution in [2.75, 3.05) is 32.6 Å². The number of ether oxygens (including phenoxy) is 3. The quantitative estimate of drug-likeness (QED) is 0.343. The first-order valence-corrected chi connectivity index (χ1v) is 12.3. The molecule has 0 spiro atoms. The third kappa shape index (κ3) is 7.04. The number of carbonyl (C=O) groups excluding carboxylic acids is 2. The molecular weight excluding hydrogens is 484 g/mol. The third-order valence-electron chi connectivity index (χ3n) is 5.85. The van der Waals surface area contributed by atoms with Gasteiger partial charge in [-0.05, 0) is 55.0 Å². The largest absolute Gasteiger partial charge is 0.497 e. The molecule has 0 fully saturated rings. The minimum atomic E-state index is -0.510. The monoisotopic (exact) mass is 516 g/mol. The summed E-state index contributed by atoms with van der Waals surface area (Å²) in [7, 11) is 3.48. The summed E-state index contributed by atoms with van der Waals surface area (Å²) in [5.41, 5.74) is 7.06. The van der Waals surface area contributed by atoms with E-state index in [1.165, 1.54) is 0 Å². The molecule has 38 heavy (non-hydrogen) atoms. The Morgan fingerprint density at radius 2 is 1.84 bits per heavy atom. The molecule has 0 aromatic heterocycles. The standard InChI is InChI=1S/C29H32N4O5/c1-20-16-26(33(2)32-20)25-18-23(31-28(34)22-10-7-11-24(17-22)36-3)12-13-27(25)37-15-14-30-29(35)38-19-21-8-5-4-6-9-21/h4-13,16-18,20,32H,14-15,19H2,1-3H3,(H,30,35)(H,31,34). The first kappa shape index (κ1) is 26.6. The van der Waals surface area contributed by atoms with Crippen LogP contribution in [0.5, 0.6) is 11.5 Å². The van der Waals surface area contributed by atoms with E-state index in [9.17, 15) is 9.59 Å². The number of hydrogen-bond acceptors (Lipinski definition) is 7. The molecule has 0 bridgehead atoms. The van der Waals surface area contributed by atoms with Gasteiger partial charge >= 0.3 is 6.09 Å². The average molecular weight is 517 g/mol. The molecule has 1 aliphatic heterocycles. The topological polar surface area (TPSA) is 101 Å². The molecule has 1 aliphatic rings. The van der Waals surface area contributed by atoms with E-state index in [-0.39, 0.29) is 31.7 Å². The van der Waals surface area contributed by atoms with Gasteiger partial charge in [-0.1, -0.05) is 36.4 Å². The maximum Gasteiger partial charge on any atom is 0.407 e. The fourth-order valence-corrected chi connectivity index (χ4v) is 4.02. The summed E-state index contributed by atoms with van der Waals surface area (Å²) >= 11 is 0. The molecule has 1 unspecified atom stereocenters. The van der Waals surface area contributed by atoms with Crippen LogP contribution in [-0.2, 0) is 11.3 Å². The molecule has 3 N–H and O–H groups in total. The zero-order valence-corrected chi connectivity index (χ0v) is 21.7. The van der Waals surface area contributed by atoms with Gasteiger partial charge < -0.3 is 29.9 Å². The number of carbonyl (C=O) groups is 2. The molecule has 9 heteroatoms. The molecule has 1 heterocycles. The summed E-state index contributed by atoms with van der Waals surface area (Å²) in [4.78, 5) is 24.9. The summed E-state index contributed by atoms with van der Waals surface area (Å²) in [6.07, 6.45) is 1.57. The number of hydrazine groups is 1. The predicted octanol–water partition coefficient (Wildman–Crippen LogP) is 4.43. The van der Waals surface area contributed by atoms with Gasteiger partial charge in [0.25, 0.3) is 5.91 Å². The van der Waals surface area contributed by atoms with Crippen LogP contribution in [0.25, 0.3) is 5.70 Å². The van der Waals surface area contributed by atoms with Crippen LogP contribution in [0.1, 0.15) is 28.4 Å².